The summed E-state index contributed by atoms with van der Waals surface area (Å²) < 4.78 is 5.67. The number of ether oxygens (including phenoxy) is 1. The minimum atomic E-state index is -1.04. The van der Waals surface area contributed by atoms with Gasteiger partial charge in [-0.3, -0.25) is 10.0 Å². The van der Waals surface area contributed by atoms with Crippen LogP contribution in [0, 0.1) is 0 Å². The first-order chi connectivity index (χ1) is 11.5. The predicted octanol–water partition coefficient (Wildman–Crippen LogP) is 2.71. The molecule has 3 amide bonds. The molecule has 1 unspecified atom stereocenters. The van der Waals surface area contributed by atoms with Crippen molar-refractivity contribution < 1.29 is 19.5 Å². The summed E-state index contributed by atoms with van der Waals surface area (Å²) in [6, 6.07) is 14.7. The number of amides is 3. The van der Waals surface area contributed by atoms with Crippen LogP contribution in [0.2, 0.25) is 0 Å². The van der Waals surface area contributed by atoms with Crippen LogP contribution in [0.4, 0.5) is 4.79 Å². The van der Waals surface area contributed by atoms with E-state index in [2.05, 4.69) is 5.32 Å². The highest BCUT2D eigenvalue weighted by Crippen LogP contribution is 2.21. The molecule has 0 aromatic heterocycles. The zero-order chi connectivity index (χ0) is 17.5. The number of hydroxylamine groups is 2. The number of carbonyl (C=O) groups is 2. The van der Waals surface area contributed by atoms with Crippen molar-refractivity contribution in [1.29, 1.82) is 0 Å². The van der Waals surface area contributed by atoms with Gasteiger partial charge in [-0.2, -0.15) is 5.06 Å². The molecule has 0 radical (unpaired) electrons. The second-order valence-corrected chi connectivity index (χ2v) is 5.02. The molecule has 2 rings (SSSR count). The van der Waals surface area contributed by atoms with Crippen molar-refractivity contribution in [3.63, 3.8) is 0 Å². The molecular weight excluding hydrogens is 310 g/mol. The Balaban J connectivity index is 2.09. The fourth-order valence-electron chi connectivity index (χ4n) is 2.05. The van der Waals surface area contributed by atoms with Gasteiger partial charge in [0.25, 0.3) is 5.91 Å². The number of benzene rings is 2. The quantitative estimate of drug-likeness (QED) is 0.430. The van der Waals surface area contributed by atoms with Gasteiger partial charge < -0.3 is 15.8 Å². The van der Waals surface area contributed by atoms with Crippen molar-refractivity contribution in [2.75, 3.05) is 0 Å². The number of nitrogens with one attached hydrogen (secondary N) is 1. The molecule has 0 saturated carbocycles. The zero-order valence-electron chi connectivity index (χ0n) is 13.2. The maximum absolute atomic E-state index is 12.3. The van der Waals surface area contributed by atoms with Crippen LogP contribution in [0.15, 0.2) is 54.6 Å². The molecule has 0 fully saturated rings. The number of hydrogen-bond acceptors (Lipinski definition) is 4. The lowest BCUT2D eigenvalue weighted by Crippen LogP contribution is -2.50. The second-order valence-electron chi connectivity index (χ2n) is 5.02. The summed E-state index contributed by atoms with van der Waals surface area (Å²) in [6.45, 7) is 1.70. The van der Waals surface area contributed by atoms with Crippen molar-refractivity contribution in [1.82, 2.24) is 10.4 Å². The number of rotatable bonds is 6. The van der Waals surface area contributed by atoms with Gasteiger partial charge in [-0.15, -0.1) is 0 Å². The molecule has 1 atom stereocenters. The van der Waals surface area contributed by atoms with Gasteiger partial charge in [-0.25, -0.2) is 4.79 Å². The molecule has 0 saturated heterocycles. The van der Waals surface area contributed by atoms with E-state index in [0.29, 0.717) is 28.5 Å². The van der Waals surface area contributed by atoms with Crippen LogP contribution in [0.1, 0.15) is 23.7 Å². The lowest BCUT2D eigenvalue weighted by Gasteiger charge is -2.24. The third kappa shape index (κ3) is 4.47. The highest BCUT2D eigenvalue weighted by Gasteiger charge is 2.21. The Kier molecular flexibility index (Phi) is 5.75. The number of nitrogens with two attached hydrogens (primary N) is 1. The normalized spacial score (nSPS) is 11.4. The lowest BCUT2D eigenvalue weighted by molar-refractivity contribution is -0.0826. The molecule has 0 spiro atoms. The average molecular weight is 329 g/mol. The first-order valence-electron chi connectivity index (χ1n) is 7.42. The summed E-state index contributed by atoms with van der Waals surface area (Å²) in [5.74, 6) is 0.690. The smallest absolute Gasteiger partial charge is 0.340 e. The molecular formula is C17H19N3O4. The number of hydrogen-bond donors (Lipinski definition) is 3. The van der Waals surface area contributed by atoms with Crippen LogP contribution in [0.25, 0.3) is 0 Å². The van der Waals surface area contributed by atoms with E-state index in [4.69, 9.17) is 10.5 Å². The highest BCUT2D eigenvalue weighted by molar-refractivity contribution is 5.94. The maximum Gasteiger partial charge on any atom is 0.340 e. The van der Waals surface area contributed by atoms with E-state index < -0.39 is 18.1 Å². The van der Waals surface area contributed by atoms with Gasteiger partial charge >= 0.3 is 6.03 Å². The summed E-state index contributed by atoms with van der Waals surface area (Å²) in [7, 11) is 0. The van der Waals surface area contributed by atoms with Gasteiger partial charge in [0, 0.05) is 5.56 Å². The third-order valence-corrected chi connectivity index (χ3v) is 3.28. The molecule has 2 aromatic rings. The molecule has 0 aliphatic heterocycles. The van der Waals surface area contributed by atoms with Crippen LogP contribution < -0.4 is 15.8 Å². The maximum atomic E-state index is 12.3. The second kappa shape index (κ2) is 7.98. The molecule has 126 valence electrons. The summed E-state index contributed by atoms with van der Waals surface area (Å²) in [5.41, 5.74) is 5.34. The fraction of sp³-hybridized carbons (Fsp3) is 0.176. The van der Waals surface area contributed by atoms with E-state index in [0.717, 1.165) is 0 Å². The fourth-order valence-corrected chi connectivity index (χ4v) is 2.05. The monoisotopic (exact) mass is 329 g/mol. The molecule has 2 aromatic carbocycles. The first kappa shape index (κ1) is 17.3. The van der Waals surface area contributed by atoms with Gasteiger partial charge in [-0.1, -0.05) is 31.2 Å². The van der Waals surface area contributed by atoms with Crippen LogP contribution in [-0.2, 0) is 0 Å². The van der Waals surface area contributed by atoms with Crippen molar-refractivity contribution in [2.45, 2.75) is 19.5 Å². The zero-order valence-corrected chi connectivity index (χ0v) is 13.2. The van der Waals surface area contributed by atoms with Crippen molar-refractivity contribution in [3.8, 4) is 11.5 Å². The van der Waals surface area contributed by atoms with E-state index in [1.165, 1.54) is 0 Å². The molecule has 7 heteroatoms. The van der Waals surface area contributed by atoms with Gasteiger partial charge in [-0.05, 0) is 36.8 Å². The number of primary amides is 1. The van der Waals surface area contributed by atoms with Gasteiger partial charge in [0.05, 0.1) is 0 Å². The molecule has 0 aliphatic rings. The van der Waals surface area contributed by atoms with E-state index in [1.54, 1.807) is 43.3 Å². The van der Waals surface area contributed by atoms with Crippen LogP contribution in [0.3, 0.4) is 0 Å². The number of para-hydroxylation sites is 1. The van der Waals surface area contributed by atoms with Gasteiger partial charge in [0.1, 0.15) is 17.7 Å². The molecule has 24 heavy (non-hydrogen) atoms. The summed E-state index contributed by atoms with van der Waals surface area (Å²) >= 11 is 0. The van der Waals surface area contributed by atoms with Gasteiger partial charge in [0.2, 0.25) is 0 Å². The Morgan fingerprint density at radius 3 is 2.46 bits per heavy atom. The predicted molar refractivity (Wildman–Crippen MR) is 87.7 cm³/mol. The molecule has 7 nitrogen and oxygen atoms in total. The summed E-state index contributed by atoms with van der Waals surface area (Å²) in [6.07, 6.45) is -0.612. The third-order valence-electron chi connectivity index (χ3n) is 3.28. The SMILES string of the molecule is CCC(NC(=O)c1cccc(Oc2ccccc2)c1)N(O)C(N)=O. The topological polar surface area (TPSA) is 105 Å². The molecule has 0 bridgehead atoms. The standard InChI is InChI=1S/C17H19N3O4/c1-2-15(20(23)17(18)22)19-16(21)12-7-6-10-14(11-12)24-13-8-4-3-5-9-13/h3-11,15,23H,2H2,1H3,(H2,18,22)(H,19,21). The summed E-state index contributed by atoms with van der Waals surface area (Å²) in [4.78, 5) is 23.3. The van der Waals surface area contributed by atoms with E-state index in [1.807, 2.05) is 18.2 Å². The van der Waals surface area contributed by atoms with Crippen LogP contribution in [-0.4, -0.2) is 28.4 Å². The van der Waals surface area contributed by atoms with E-state index in [-0.39, 0.29) is 0 Å². The Bertz CT molecular complexity index is 706. The van der Waals surface area contributed by atoms with Gasteiger partial charge in [0.15, 0.2) is 0 Å². The van der Waals surface area contributed by atoms with Crippen molar-refractivity contribution in [2.24, 2.45) is 5.73 Å². The molecule has 0 heterocycles. The minimum Gasteiger partial charge on any atom is -0.457 e. The van der Waals surface area contributed by atoms with E-state index >= 15 is 0 Å². The van der Waals surface area contributed by atoms with Crippen molar-refractivity contribution in [3.05, 3.63) is 60.2 Å². The van der Waals surface area contributed by atoms with Crippen molar-refractivity contribution >= 4 is 11.9 Å². The Hall–Kier alpha value is -3.06. The Morgan fingerprint density at radius 2 is 1.83 bits per heavy atom. The van der Waals surface area contributed by atoms with E-state index in [9.17, 15) is 14.8 Å². The number of carbonyl (C=O) groups excluding carboxylic acids is 2. The molecule has 0 aliphatic carbocycles. The lowest BCUT2D eigenvalue weighted by atomic mass is 10.2. The number of urea groups is 1. The first-order valence-corrected chi connectivity index (χ1v) is 7.42. The number of nitrogens with zero attached hydrogens (tertiary/aromatic N) is 1. The minimum absolute atomic E-state index is 0.294. The summed E-state index contributed by atoms with van der Waals surface area (Å²) in [5, 5.41) is 12.4. The van der Waals surface area contributed by atoms with Crippen LogP contribution >= 0.6 is 0 Å². The Labute approximate surface area is 139 Å². The average Bonchev–Trinajstić information content (AvgIpc) is 2.60. The molecule has 4 N–H and O–H groups in total. The highest BCUT2D eigenvalue weighted by atomic mass is 16.5. The largest absolute Gasteiger partial charge is 0.457 e. The Morgan fingerprint density at radius 1 is 1.17 bits per heavy atom. The van der Waals surface area contributed by atoms with Crippen LogP contribution in [0.5, 0.6) is 11.5 Å².